The molecule has 0 fully saturated rings. The predicted molar refractivity (Wildman–Crippen MR) is 29.5 cm³/mol. The second kappa shape index (κ2) is 3.01. The Morgan fingerprint density at radius 2 is 2.12 bits per heavy atom. The van der Waals surface area contributed by atoms with Gasteiger partial charge in [0.15, 0.2) is 0 Å². The third kappa shape index (κ3) is 5.87. The average Bonchev–Trinajstić information content (AvgIpc) is 1.59. The first-order valence-corrected chi connectivity index (χ1v) is 3.57. The van der Waals surface area contributed by atoms with Crippen molar-refractivity contribution in [1.82, 2.24) is 0 Å². The van der Waals surface area contributed by atoms with Crippen LogP contribution in [0, 0.1) is 5.75 Å². The van der Waals surface area contributed by atoms with Crippen molar-refractivity contribution in [3.05, 3.63) is 5.75 Å². The van der Waals surface area contributed by atoms with E-state index in [0.717, 1.165) is 5.75 Å². The van der Waals surface area contributed by atoms with Gasteiger partial charge in [-0.15, -0.1) is 0 Å². The van der Waals surface area contributed by atoms with E-state index in [1.165, 1.54) is 0 Å². The summed E-state index contributed by atoms with van der Waals surface area (Å²) in [4.78, 5) is 0. The molecule has 4 nitrogen and oxygen atoms in total. The summed E-state index contributed by atoms with van der Waals surface area (Å²) in [6.07, 6.45) is 0.193. The Morgan fingerprint density at radius 3 is 2.25 bits per heavy atom. The van der Waals surface area contributed by atoms with Crippen LogP contribution in [0.2, 0.25) is 0 Å². The molecule has 0 aliphatic rings. The Balaban J connectivity index is 3.42. The molecule has 0 spiro atoms. The van der Waals surface area contributed by atoms with E-state index >= 15 is 0 Å². The fraction of sp³-hybridized carbons (Fsp3) is 0.667. The van der Waals surface area contributed by atoms with Gasteiger partial charge in [0.25, 0.3) is 10.1 Å². The van der Waals surface area contributed by atoms with Crippen LogP contribution in [0.3, 0.4) is 0 Å². The van der Waals surface area contributed by atoms with Crippen molar-refractivity contribution in [2.45, 2.75) is 6.42 Å². The molecule has 49 valence electrons. The Labute approximate surface area is 48.4 Å². The number of hydrogen-bond donors (Lipinski definition) is 2. The third-order valence-corrected chi connectivity index (χ3v) is 1.15. The monoisotopic (exact) mass is 138 g/mol. The lowest BCUT2D eigenvalue weighted by molar-refractivity contribution is 0.488. The highest BCUT2D eigenvalue weighted by atomic mass is 32.2. The van der Waals surface area contributed by atoms with Crippen molar-refractivity contribution in [3.8, 4) is 0 Å². The molecule has 0 rings (SSSR count). The van der Waals surface area contributed by atoms with E-state index in [1.54, 1.807) is 0 Å². The van der Waals surface area contributed by atoms with Crippen molar-refractivity contribution in [2.24, 2.45) is 5.73 Å². The van der Waals surface area contributed by atoms with Gasteiger partial charge in [0, 0.05) is 0 Å². The molecule has 8 heavy (non-hydrogen) atoms. The largest absolute Gasteiger partial charge is 0.330 e. The Bertz CT molecular complexity index is 139. The van der Waals surface area contributed by atoms with Gasteiger partial charge >= 0.3 is 0 Å². The van der Waals surface area contributed by atoms with E-state index in [2.05, 4.69) is 0 Å². The standard InChI is InChI=1S/C3H8NO3S/c4-2-1-3-8(5,6)7/h3H,1-2,4H2,(H,5,6,7). The smallest absolute Gasteiger partial charge is 0.269 e. The van der Waals surface area contributed by atoms with Crippen LogP contribution in [-0.2, 0) is 10.1 Å². The van der Waals surface area contributed by atoms with Gasteiger partial charge in [-0.1, -0.05) is 0 Å². The van der Waals surface area contributed by atoms with Crippen LogP contribution in [0.15, 0.2) is 0 Å². The molecule has 1 radical (unpaired) electrons. The topological polar surface area (TPSA) is 80.4 Å². The van der Waals surface area contributed by atoms with Crippen molar-refractivity contribution >= 4 is 10.1 Å². The van der Waals surface area contributed by atoms with Crippen molar-refractivity contribution in [1.29, 1.82) is 0 Å². The maximum atomic E-state index is 9.83. The van der Waals surface area contributed by atoms with Gasteiger partial charge < -0.3 is 5.73 Å². The van der Waals surface area contributed by atoms with Crippen molar-refractivity contribution in [2.75, 3.05) is 6.54 Å². The minimum atomic E-state index is -3.89. The van der Waals surface area contributed by atoms with Gasteiger partial charge in [0.05, 0.1) is 0 Å². The van der Waals surface area contributed by atoms with E-state index in [-0.39, 0.29) is 13.0 Å². The highest BCUT2D eigenvalue weighted by Gasteiger charge is 2.01. The van der Waals surface area contributed by atoms with Gasteiger partial charge in [-0.2, -0.15) is 8.42 Å². The van der Waals surface area contributed by atoms with Crippen LogP contribution in [-0.4, -0.2) is 19.5 Å². The van der Waals surface area contributed by atoms with Crippen LogP contribution in [0.1, 0.15) is 6.42 Å². The van der Waals surface area contributed by atoms with Crippen LogP contribution in [0.25, 0.3) is 0 Å². The summed E-state index contributed by atoms with van der Waals surface area (Å²) in [5.41, 5.74) is 4.93. The lowest BCUT2D eigenvalue weighted by Crippen LogP contribution is -2.04. The maximum Gasteiger partial charge on any atom is 0.269 e. The molecule has 0 amide bonds. The molecule has 0 aliphatic heterocycles. The molecule has 0 bridgehead atoms. The number of nitrogens with two attached hydrogens (primary N) is 1. The van der Waals surface area contributed by atoms with Gasteiger partial charge in [0.2, 0.25) is 0 Å². The molecule has 0 aliphatic carbocycles. The molecule has 0 unspecified atom stereocenters. The lowest BCUT2D eigenvalue weighted by Gasteiger charge is -1.89. The van der Waals surface area contributed by atoms with Crippen LogP contribution in [0.5, 0.6) is 0 Å². The van der Waals surface area contributed by atoms with Gasteiger partial charge in [-0.25, -0.2) is 0 Å². The van der Waals surface area contributed by atoms with Crippen molar-refractivity contribution in [3.63, 3.8) is 0 Å². The molecule has 0 saturated carbocycles. The van der Waals surface area contributed by atoms with Gasteiger partial charge in [-0.05, 0) is 13.0 Å². The van der Waals surface area contributed by atoms with Gasteiger partial charge in [-0.3, -0.25) is 4.55 Å². The SMILES string of the molecule is NCC[CH]S(=O)(=O)O. The minimum absolute atomic E-state index is 0.193. The first kappa shape index (κ1) is 7.87. The summed E-state index contributed by atoms with van der Waals surface area (Å²) in [6.45, 7) is 0.236. The van der Waals surface area contributed by atoms with Crippen molar-refractivity contribution < 1.29 is 13.0 Å². The zero-order chi connectivity index (χ0) is 6.62. The van der Waals surface area contributed by atoms with Crippen LogP contribution < -0.4 is 5.73 Å². The molecule has 0 aromatic heterocycles. The second-order valence-corrected chi connectivity index (χ2v) is 2.62. The summed E-state index contributed by atoms with van der Waals surface area (Å²) in [5, 5.41) is 0. The normalized spacial score (nSPS) is 11.8. The molecule has 3 N–H and O–H groups in total. The molecular weight excluding hydrogens is 130 g/mol. The zero-order valence-electron chi connectivity index (χ0n) is 4.24. The van der Waals surface area contributed by atoms with E-state index < -0.39 is 10.1 Å². The lowest BCUT2D eigenvalue weighted by atomic mass is 10.5. The quantitative estimate of drug-likeness (QED) is 0.509. The number of hydrogen-bond acceptors (Lipinski definition) is 3. The third-order valence-electron chi connectivity index (χ3n) is 0.495. The fourth-order valence-electron chi connectivity index (χ4n) is 0.217. The van der Waals surface area contributed by atoms with Crippen LogP contribution >= 0.6 is 0 Å². The molecule has 0 aromatic carbocycles. The molecular formula is C3H8NO3S. The molecule has 0 saturated heterocycles. The molecule has 0 aromatic rings. The highest BCUT2D eigenvalue weighted by Crippen LogP contribution is 1.91. The first-order valence-electron chi connectivity index (χ1n) is 2.07. The Kier molecular flexibility index (Phi) is 2.96. The minimum Gasteiger partial charge on any atom is -0.330 e. The Morgan fingerprint density at radius 1 is 1.62 bits per heavy atom. The van der Waals surface area contributed by atoms with Crippen LogP contribution in [0.4, 0.5) is 0 Å². The summed E-state index contributed by atoms with van der Waals surface area (Å²) in [5.74, 6) is 0.771. The van der Waals surface area contributed by atoms with Gasteiger partial charge in [0.1, 0.15) is 5.75 Å². The van der Waals surface area contributed by atoms with E-state index in [4.69, 9.17) is 10.3 Å². The zero-order valence-corrected chi connectivity index (χ0v) is 5.06. The molecule has 5 heteroatoms. The summed E-state index contributed by atoms with van der Waals surface area (Å²) in [6, 6.07) is 0. The summed E-state index contributed by atoms with van der Waals surface area (Å²) in [7, 11) is -3.89. The maximum absolute atomic E-state index is 9.83. The van der Waals surface area contributed by atoms with E-state index in [9.17, 15) is 8.42 Å². The van der Waals surface area contributed by atoms with E-state index in [0.29, 0.717) is 0 Å². The predicted octanol–water partition coefficient (Wildman–Crippen LogP) is -0.615. The number of rotatable bonds is 3. The highest BCUT2D eigenvalue weighted by molar-refractivity contribution is 7.87. The summed E-state index contributed by atoms with van der Waals surface area (Å²) < 4.78 is 27.7. The molecule has 0 heterocycles. The summed E-state index contributed by atoms with van der Waals surface area (Å²) >= 11 is 0. The Hall–Kier alpha value is -0.130. The molecule has 0 atom stereocenters. The van der Waals surface area contributed by atoms with E-state index in [1.807, 2.05) is 0 Å². The second-order valence-electron chi connectivity index (χ2n) is 1.26. The fourth-order valence-corrected chi connectivity index (χ4v) is 0.651. The first-order chi connectivity index (χ1) is 3.56. The average molecular weight is 138 g/mol.